The van der Waals surface area contributed by atoms with Crippen molar-refractivity contribution in [3.8, 4) is 0 Å². The van der Waals surface area contributed by atoms with Crippen LogP contribution in [-0.4, -0.2) is 30.6 Å². The number of halogens is 2. The molecule has 2 atom stereocenters. The van der Waals surface area contributed by atoms with Crippen LogP contribution in [0, 0.1) is 11.6 Å². The Morgan fingerprint density at radius 1 is 1.25 bits per heavy atom. The van der Waals surface area contributed by atoms with E-state index >= 15 is 0 Å². The third-order valence-corrected chi connectivity index (χ3v) is 3.12. The molecule has 1 aromatic rings. The molecule has 0 spiro atoms. The third kappa shape index (κ3) is 2.50. The van der Waals surface area contributed by atoms with Gasteiger partial charge in [0.1, 0.15) is 11.6 Å². The molecule has 4 heteroatoms. The number of anilines is 1. The predicted molar refractivity (Wildman–Crippen MR) is 60.5 cm³/mol. The first-order chi connectivity index (χ1) is 7.54. The Morgan fingerprint density at radius 2 is 1.88 bits per heavy atom. The summed E-state index contributed by atoms with van der Waals surface area (Å²) in [5.74, 6) is -1.08. The van der Waals surface area contributed by atoms with Crippen LogP contribution in [0.5, 0.6) is 0 Å². The molecule has 88 valence electrons. The van der Waals surface area contributed by atoms with Gasteiger partial charge in [-0.3, -0.25) is 0 Å². The molecular formula is C12H16F2N2. The predicted octanol–water partition coefficient (Wildman–Crippen LogP) is 2.47. The van der Waals surface area contributed by atoms with Gasteiger partial charge in [-0.1, -0.05) is 0 Å². The van der Waals surface area contributed by atoms with Gasteiger partial charge in [-0.25, -0.2) is 8.78 Å². The van der Waals surface area contributed by atoms with E-state index in [9.17, 15) is 8.78 Å². The van der Waals surface area contributed by atoms with Crippen molar-refractivity contribution in [2.75, 3.05) is 18.9 Å². The van der Waals surface area contributed by atoms with Gasteiger partial charge >= 0.3 is 0 Å². The van der Waals surface area contributed by atoms with Crippen molar-refractivity contribution in [3.05, 3.63) is 29.8 Å². The van der Waals surface area contributed by atoms with Crippen LogP contribution in [0.2, 0.25) is 0 Å². The molecule has 16 heavy (non-hydrogen) atoms. The SMILES string of the molecule is CC1CC(Nc2cc(F)cc(F)c2)CN1C. The highest BCUT2D eigenvalue weighted by Crippen LogP contribution is 2.20. The highest BCUT2D eigenvalue weighted by atomic mass is 19.1. The zero-order valence-electron chi connectivity index (χ0n) is 9.50. The quantitative estimate of drug-likeness (QED) is 0.833. The van der Waals surface area contributed by atoms with Gasteiger partial charge in [-0.15, -0.1) is 0 Å². The van der Waals surface area contributed by atoms with Crippen LogP contribution in [0.15, 0.2) is 18.2 Å². The summed E-state index contributed by atoms with van der Waals surface area (Å²) in [6.07, 6.45) is 0.995. The molecule has 0 bridgehead atoms. The maximum atomic E-state index is 13.0. The average Bonchev–Trinajstić information content (AvgIpc) is 2.43. The molecule has 0 radical (unpaired) electrons. The topological polar surface area (TPSA) is 15.3 Å². The number of hydrogen-bond acceptors (Lipinski definition) is 2. The fraction of sp³-hybridized carbons (Fsp3) is 0.500. The minimum Gasteiger partial charge on any atom is -0.381 e. The molecule has 0 aliphatic carbocycles. The second-order valence-corrected chi connectivity index (χ2v) is 4.52. The van der Waals surface area contributed by atoms with Crippen LogP contribution in [-0.2, 0) is 0 Å². The Kier molecular flexibility index (Phi) is 3.10. The summed E-state index contributed by atoms with van der Waals surface area (Å²) in [7, 11) is 2.05. The summed E-state index contributed by atoms with van der Waals surface area (Å²) in [4.78, 5) is 2.23. The number of benzene rings is 1. The largest absolute Gasteiger partial charge is 0.381 e. The average molecular weight is 226 g/mol. The second kappa shape index (κ2) is 4.37. The van der Waals surface area contributed by atoms with E-state index in [-0.39, 0.29) is 6.04 Å². The first-order valence-electron chi connectivity index (χ1n) is 5.47. The minimum atomic E-state index is -0.540. The summed E-state index contributed by atoms with van der Waals surface area (Å²) >= 11 is 0. The van der Waals surface area contributed by atoms with Gasteiger partial charge in [-0.05, 0) is 32.5 Å². The van der Waals surface area contributed by atoms with Gasteiger partial charge in [-0.2, -0.15) is 0 Å². The standard InChI is InChI=1S/C12H16F2N2/c1-8-3-12(7-16(8)2)15-11-5-9(13)4-10(14)6-11/h4-6,8,12,15H,3,7H2,1-2H3. The Balaban J connectivity index is 2.04. The lowest BCUT2D eigenvalue weighted by Gasteiger charge is -2.14. The molecule has 1 aliphatic rings. The minimum absolute atomic E-state index is 0.265. The van der Waals surface area contributed by atoms with E-state index in [0.717, 1.165) is 19.0 Å². The number of likely N-dealkylation sites (tertiary alicyclic amines) is 1. The summed E-state index contributed by atoms with van der Waals surface area (Å²) in [5, 5.41) is 3.16. The van der Waals surface area contributed by atoms with Gasteiger partial charge in [0.15, 0.2) is 0 Å². The molecule has 0 amide bonds. The maximum Gasteiger partial charge on any atom is 0.128 e. The number of nitrogens with zero attached hydrogens (tertiary/aromatic N) is 1. The molecule has 2 nitrogen and oxygen atoms in total. The Hall–Kier alpha value is -1.16. The summed E-state index contributed by atoms with van der Waals surface area (Å²) in [5.41, 5.74) is 0.519. The van der Waals surface area contributed by atoms with E-state index in [2.05, 4.69) is 24.2 Å². The summed E-state index contributed by atoms with van der Waals surface area (Å²) < 4.78 is 25.9. The zero-order chi connectivity index (χ0) is 11.7. The molecule has 1 N–H and O–H groups in total. The first-order valence-corrected chi connectivity index (χ1v) is 5.47. The lowest BCUT2D eigenvalue weighted by atomic mass is 10.2. The highest BCUT2D eigenvalue weighted by Gasteiger charge is 2.25. The van der Waals surface area contributed by atoms with Crippen molar-refractivity contribution in [1.29, 1.82) is 0 Å². The summed E-state index contributed by atoms with van der Waals surface area (Å²) in [6.45, 7) is 3.05. The van der Waals surface area contributed by atoms with Gasteiger partial charge in [0.2, 0.25) is 0 Å². The van der Waals surface area contributed by atoms with E-state index in [0.29, 0.717) is 11.7 Å². The van der Waals surface area contributed by atoms with E-state index in [1.807, 2.05) is 0 Å². The van der Waals surface area contributed by atoms with Gasteiger partial charge in [0.05, 0.1) is 0 Å². The van der Waals surface area contributed by atoms with Crippen LogP contribution >= 0.6 is 0 Å². The van der Waals surface area contributed by atoms with Crippen molar-refractivity contribution >= 4 is 5.69 Å². The van der Waals surface area contributed by atoms with E-state index < -0.39 is 11.6 Å². The van der Waals surface area contributed by atoms with Crippen LogP contribution in [0.4, 0.5) is 14.5 Å². The molecule has 1 aromatic carbocycles. The molecular weight excluding hydrogens is 210 g/mol. The molecule has 2 unspecified atom stereocenters. The molecule has 0 saturated carbocycles. The Morgan fingerprint density at radius 3 is 2.38 bits per heavy atom. The third-order valence-electron chi connectivity index (χ3n) is 3.12. The van der Waals surface area contributed by atoms with E-state index in [1.54, 1.807) is 0 Å². The van der Waals surface area contributed by atoms with Crippen LogP contribution in [0.1, 0.15) is 13.3 Å². The number of likely N-dealkylation sites (N-methyl/N-ethyl adjacent to an activating group) is 1. The van der Waals surface area contributed by atoms with E-state index in [4.69, 9.17) is 0 Å². The lowest BCUT2D eigenvalue weighted by Crippen LogP contribution is -2.24. The molecule has 1 aliphatic heterocycles. The number of rotatable bonds is 2. The first kappa shape index (κ1) is 11.3. The van der Waals surface area contributed by atoms with Crippen molar-refractivity contribution in [2.45, 2.75) is 25.4 Å². The zero-order valence-corrected chi connectivity index (χ0v) is 9.50. The smallest absolute Gasteiger partial charge is 0.128 e. The van der Waals surface area contributed by atoms with Gasteiger partial charge in [0.25, 0.3) is 0 Å². The number of nitrogens with one attached hydrogen (secondary N) is 1. The second-order valence-electron chi connectivity index (χ2n) is 4.52. The monoisotopic (exact) mass is 226 g/mol. The molecule has 1 heterocycles. The van der Waals surface area contributed by atoms with Crippen molar-refractivity contribution in [3.63, 3.8) is 0 Å². The molecule has 2 rings (SSSR count). The normalized spacial score (nSPS) is 26.0. The van der Waals surface area contributed by atoms with Crippen LogP contribution < -0.4 is 5.32 Å². The van der Waals surface area contributed by atoms with Gasteiger partial charge in [0, 0.05) is 30.4 Å². The highest BCUT2D eigenvalue weighted by molar-refractivity contribution is 5.44. The summed E-state index contributed by atoms with van der Waals surface area (Å²) in [6, 6.07) is 4.31. The van der Waals surface area contributed by atoms with Crippen molar-refractivity contribution in [1.82, 2.24) is 4.90 Å². The Labute approximate surface area is 94.3 Å². The van der Waals surface area contributed by atoms with Crippen LogP contribution in [0.3, 0.4) is 0 Å². The lowest BCUT2D eigenvalue weighted by molar-refractivity contribution is 0.330. The molecule has 0 aromatic heterocycles. The fourth-order valence-corrected chi connectivity index (χ4v) is 2.17. The molecule has 1 fully saturated rings. The van der Waals surface area contributed by atoms with Crippen molar-refractivity contribution in [2.24, 2.45) is 0 Å². The van der Waals surface area contributed by atoms with Crippen molar-refractivity contribution < 1.29 is 8.78 Å². The van der Waals surface area contributed by atoms with E-state index in [1.165, 1.54) is 12.1 Å². The van der Waals surface area contributed by atoms with Crippen LogP contribution in [0.25, 0.3) is 0 Å². The maximum absolute atomic E-state index is 13.0. The Bertz CT molecular complexity index is 351. The van der Waals surface area contributed by atoms with Gasteiger partial charge < -0.3 is 10.2 Å². The molecule has 1 saturated heterocycles. The number of hydrogen-bond donors (Lipinski definition) is 1. The fourth-order valence-electron chi connectivity index (χ4n) is 2.17.